The average Bonchev–Trinajstić information content (AvgIpc) is 3.31. The summed E-state index contributed by atoms with van der Waals surface area (Å²) >= 11 is 0. The third-order valence-electron chi connectivity index (χ3n) is 4.76. The lowest BCUT2D eigenvalue weighted by Gasteiger charge is -2.25. The highest BCUT2D eigenvalue weighted by molar-refractivity contribution is 5.81. The lowest BCUT2D eigenvalue weighted by Crippen LogP contribution is -2.37. The summed E-state index contributed by atoms with van der Waals surface area (Å²) in [5, 5.41) is 0. The molecule has 2 saturated carbocycles. The van der Waals surface area contributed by atoms with Crippen molar-refractivity contribution in [3.63, 3.8) is 0 Å². The largest absolute Gasteiger partial charge is 0.338 e. The van der Waals surface area contributed by atoms with Crippen molar-refractivity contribution in [2.24, 2.45) is 17.3 Å². The van der Waals surface area contributed by atoms with Gasteiger partial charge in [-0.2, -0.15) is 0 Å². The Hall–Kier alpha value is -1.05. The van der Waals surface area contributed by atoms with E-state index >= 15 is 0 Å². The number of amides is 1. The molecule has 0 saturated heterocycles. The number of carbonyl (C=O) groups is 1. The molecule has 112 valence electrons. The summed E-state index contributed by atoms with van der Waals surface area (Å²) in [5.74, 6) is 1.48. The molecule has 0 N–H and O–H groups in total. The quantitative estimate of drug-likeness (QED) is 0.578. The van der Waals surface area contributed by atoms with E-state index in [4.69, 9.17) is 0 Å². The summed E-state index contributed by atoms with van der Waals surface area (Å²) in [4.78, 5) is 14.3. The van der Waals surface area contributed by atoms with Crippen LogP contribution in [0.15, 0.2) is 24.8 Å². The fraction of sp³-hybridized carbons (Fsp3) is 0.722. The maximum Gasteiger partial charge on any atom is 0.225 e. The van der Waals surface area contributed by atoms with Gasteiger partial charge in [-0.05, 0) is 49.9 Å². The van der Waals surface area contributed by atoms with Crippen LogP contribution in [0, 0.1) is 17.3 Å². The molecule has 0 bridgehead atoms. The van der Waals surface area contributed by atoms with Gasteiger partial charge in [0.25, 0.3) is 0 Å². The van der Waals surface area contributed by atoms with Gasteiger partial charge >= 0.3 is 0 Å². The number of allylic oxidation sites excluding steroid dienone is 2. The topological polar surface area (TPSA) is 20.3 Å². The van der Waals surface area contributed by atoms with E-state index in [1.165, 1.54) is 19.3 Å². The summed E-state index contributed by atoms with van der Waals surface area (Å²) in [6.45, 7) is 9.96. The van der Waals surface area contributed by atoms with Gasteiger partial charge in [0.2, 0.25) is 5.91 Å². The number of rotatable bonds is 9. The van der Waals surface area contributed by atoms with Crippen LogP contribution in [0.5, 0.6) is 0 Å². The minimum Gasteiger partial charge on any atom is -0.338 e. The van der Waals surface area contributed by atoms with Crippen molar-refractivity contribution in [3.8, 4) is 0 Å². The first-order chi connectivity index (χ1) is 9.60. The van der Waals surface area contributed by atoms with Crippen LogP contribution in [-0.2, 0) is 4.79 Å². The lowest BCUT2D eigenvalue weighted by molar-refractivity contribution is -0.132. The molecule has 2 heteroatoms. The number of hydrogen-bond donors (Lipinski definition) is 0. The van der Waals surface area contributed by atoms with E-state index in [2.05, 4.69) is 32.6 Å². The second kappa shape index (κ2) is 6.60. The van der Waals surface area contributed by atoms with Gasteiger partial charge in [-0.1, -0.05) is 32.1 Å². The fourth-order valence-corrected chi connectivity index (χ4v) is 3.14. The van der Waals surface area contributed by atoms with Crippen LogP contribution in [0.2, 0.25) is 0 Å². The minimum atomic E-state index is 0.322. The molecule has 1 amide bonds. The Morgan fingerprint density at radius 3 is 2.75 bits per heavy atom. The minimum absolute atomic E-state index is 0.322. The first kappa shape index (κ1) is 15.3. The molecule has 0 aromatic carbocycles. The second-order valence-electron chi connectivity index (χ2n) is 6.79. The number of hydrogen-bond acceptors (Lipinski definition) is 1. The normalized spacial score (nSPS) is 28.6. The Morgan fingerprint density at radius 2 is 2.15 bits per heavy atom. The highest BCUT2D eigenvalue weighted by atomic mass is 16.2. The highest BCUT2D eigenvalue weighted by Gasteiger charge is 2.50. The summed E-state index contributed by atoms with van der Waals surface area (Å²) < 4.78 is 0. The van der Waals surface area contributed by atoms with E-state index in [-0.39, 0.29) is 0 Å². The molecule has 0 radical (unpaired) electrons. The summed E-state index contributed by atoms with van der Waals surface area (Å²) in [5.41, 5.74) is 0.355. The molecule has 0 spiro atoms. The van der Waals surface area contributed by atoms with Crippen molar-refractivity contribution in [1.82, 2.24) is 4.90 Å². The molecule has 0 aromatic heterocycles. The Kier molecular flexibility index (Phi) is 5.06. The van der Waals surface area contributed by atoms with Crippen LogP contribution in [0.1, 0.15) is 52.4 Å². The van der Waals surface area contributed by atoms with Crippen LogP contribution >= 0.6 is 0 Å². The lowest BCUT2D eigenvalue weighted by atomic mass is 10.0. The van der Waals surface area contributed by atoms with Gasteiger partial charge in [-0.3, -0.25) is 4.79 Å². The second-order valence-corrected chi connectivity index (χ2v) is 6.79. The Morgan fingerprint density at radius 1 is 1.40 bits per heavy atom. The number of nitrogens with zero attached hydrogens (tertiary/aromatic N) is 1. The molecule has 0 heterocycles. The SMILES string of the molecule is C=CCN(CC1(C)CC1CC/C=C\CC)C(=O)C1CC1. The van der Waals surface area contributed by atoms with Gasteiger partial charge in [0.05, 0.1) is 0 Å². The zero-order valence-corrected chi connectivity index (χ0v) is 13.1. The third kappa shape index (κ3) is 3.97. The van der Waals surface area contributed by atoms with Crippen molar-refractivity contribution in [2.45, 2.75) is 52.4 Å². The Balaban J connectivity index is 1.79. The monoisotopic (exact) mass is 275 g/mol. The first-order valence-corrected chi connectivity index (χ1v) is 8.15. The van der Waals surface area contributed by atoms with Crippen molar-refractivity contribution in [2.75, 3.05) is 13.1 Å². The first-order valence-electron chi connectivity index (χ1n) is 8.15. The zero-order valence-electron chi connectivity index (χ0n) is 13.1. The van der Waals surface area contributed by atoms with E-state index in [1.54, 1.807) is 0 Å². The molecule has 2 aliphatic rings. The molecule has 2 atom stereocenters. The molecule has 2 unspecified atom stereocenters. The molecule has 0 aromatic rings. The summed E-state index contributed by atoms with van der Waals surface area (Å²) in [6.07, 6.45) is 13.5. The van der Waals surface area contributed by atoms with Crippen molar-refractivity contribution < 1.29 is 4.79 Å². The van der Waals surface area contributed by atoms with E-state index in [1.807, 2.05) is 11.0 Å². The predicted octanol–water partition coefficient (Wildman–Crippen LogP) is 4.18. The Bertz CT molecular complexity index is 383. The van der Waals surface area contributed by atoms with Gasteiger partial charge in [-0.15, -0.1) is 6.58 Å². The molecule has 2 nitrogen and oxygen atoms in total. The molecule has 2 aliphatic carbocycles. The maximum absolute atomic E-state index is 12.3. The zero-order chi connectivity index (χ0) is 14.6. The fourth-order valence-electron chi connectivity index (χ4n) is 3.14. The molecule has 20 heavy (non-hydrogen) atoms. The van der Waals surface area contributed by atoms with Crippen molar-refractivity contribution in [3.05, 3.63) is 24.8 Å². The molecular formula is C18H29NO. The van der Waals surface area contributed by atoms with Crippen molar-refractivity contribution in [1.29, 1.82) is 0 Å². The van der Waals surface area contributed by atoms with Gasteiger partial charge in [0.15, 0.2) is 0 Å². The van der Waals surface area contributed by atoms with Gasteiger partial charge in [0.1, 0.15) is 0 Å². The Labute approximate surface area is 123 Å². The molecule has 0 aliphatic heterocycles. The van der Waals surface area contributed by atoms with E-state index in [0.717, 1.165) is 31.7 Å². The van der Waals surface area contributed by atoms with Gasteiger partial charge in [-0.25, -0.2) is 0 Å². The van der Waals surface area contributed by atoms with Crippen LogP contribution in [0.3, 0.4) is 0 Å². The maximum atomic E-state index is 12.3. The van der Waals surface area contributed by atoms with Gasteiger partial charge in [0, 0.05) is 19.0 Å². The smallest absolute Gasteiger partial charge is 0.225 e. The predicted molar refractivity (Wildman–Crippen MR) is 84.4 cm³/mol. The molecule has 2 fully saturated rings. The standard InChI is InChI=1S/C18H29NO/c1-4-6-7-8-9-16-13-18(16,3)14-19(12-5-2)17(20)15-10-11-15/h5-7,15-16H,2,4,8-14H2,1,3H3/b7-6-. The molecule has 2 rings (SSSR count). The van der Waals surface area contributed by atoms with Crippen LogP contribution in [0.4, 0.5) is 0 Å². The third-order valence-corrected chi connectivity index (χ3v) is 4.76. The van der Waals surface area contributed by atoms with E-state index in [9.17, 15) is 4.79 Å². The van der Waals surface area contributed by atoms with E-state index in [0.29, 0.717) is 23.8 Å². The molecular weight excluding hydrogens is 246 g/mol. The number of carbonyl (C=O) groups excluding carboxylic acids is 1. The summed E-state index contributed by atoms with van der Waals surface area (Å²) in [6, 6.07) is 0. The average molecular weight is 275 g/mol. The summed E-state index contributed by atoms with van der Waals surface area (Å²) in [7, 11) is 0. The van der Waals surface area contributed by atoms with Crippen LogP contribution < -0.4 is 0 Å². The highest BCUT2D eigenvalue weighted by Crippen LogP contribution is 2.55. The van der Waals surface area contributed by atoms with Crippen LogP contribution in [0.25, 0.3) is 0 Å². The van der Waals surface area contributed by atoms with Crippen molar-refractivity contribution >= 4 is 5.91 Å². The van der Waals surface area contributed by atoms with Gasteiger partial charge < -0.3 is 4.90 Å². The van der Waals surface area contributed by atoms with E-state index < -0.39 is 0 Å². The van der Waals surface area contributed by atoms with Crippen LogP contribution in [-0.4, -0.2) is 23.9 Å².